The van der Waals surface area contributed by atoms with Gasteiger partial charge in [-0.25, -0.2) is 0 Å². The molecule has 16 heavy (non-hydrogen) atoms. The van der Waals surface area contributed by atoms with Gasteiger partial charge in [-0.2, -0.15) is 0 Å². The molecule has 0 aromatic heterocycles. The molecule has 92 valence electrons. The van der Waals surface area contributed by atoms with Crippen LogP contribution in [0.4, 0.5) is 0 Å². The molecular formula is C11H16ClI2NO. The second-order valence-electron chi connectivity index (χ2n) is 3.58. The summed E-state index contributed by atoms with van der Waals surface area (Å²) in [6.45, 7) is 2.16. The highest BCUT2D eigenvalue weighted by atomic mass is 127. The van der Waals surface area contributed by atoms with E-state index >= 15 is 0 Å². The van der Waals surface area contributed by atoms with Crippen LogP contribution >= 0.6 is 57.6 Å². The highest BCUT2D eigenvalue weighted by Gasteiger charge is 2.10. The Kier molecular flexibility index (Phi) is 8.30. The fourth-order valence-corrected chi connectivity index (χ4v) is 3.21. The minimum Gasteiger partial charge on any atom is -0.506 e. The topological polar surface area (TPSA) is 46.2 Å². The van der Waals surface area contributed by atoms with Gasteiger partial charge in [0.2, 0.25) is 0 Å². The lowest BCUT2D eigenvalue weighted by atomic mass is 10.0. The number of halogens is 3. The molecule has 0 bridgehead atoms. The van der Waals surface area contributed by atoms with Crippen molar-refractivity contribution in [1.82, 2.24) is 0 Å². The molecule has 1 atom stereocenters. The van der Waals surface area contributed by atoms with Gasteiger partial charge in [-0.3, -0.25) is 0 Å². The molecule has 0 radical (unpaired) electrons. The summed E-state index contributed by atoms with van der Waals surface area (Å²) in [6, 6.07) is 4.03. The molecule has 3 N–H and O–H groups in total. The van der Waals surface area contributed by atoms with Gasteiger partial charge < -0.3 is 10.8 Å². The van der Waals surface area contributed by atoms with E-state index in [2.05, 4.69) is 52.1 Å². The molecule has 0 saturated heterocycles. The van der Waals surface area contributed by atoms with Crippen LogP contribution in [0.5, 0.6) is 5.75 Å². The van der Waals surface area contributed by atoms with Gasteiger partial charge in [-0.15, -0.1) is 12.4 Å². The number of hydrogen-bond donors (Lipinski definition) is 2. The molecule has 0 aliphatic rings. The largest absolute Gasteiger partial charge is 0.506 e. The fourth-order valence-electron chi connectivity index (χ4n) is 1.39. The molecule has 0 fully saturated rings. The van der Waals surface area contributed by atoms with Crippen molar-refractivity contribution in [3.8, 4) is 5.75 Å². The molecule has 0 amide bonds. The average molecular weight is 468 g/mol. The minimum absolute atomic E-state index is 0. The summed E-state index contributed by atoms with van der Waals surface area (Å²) < 4.78 is 1.75. The van der Waals surface area contributed by atoms with E-state index in [9.17, 15) is 5.11 Å². The molecule has 0 heterocycles. The van der Waals surface area contributed by atoms with E-state index in [-0.39, 0.29) is 18.4 Å². The minimum atomic E-state index is 0. The predicted octanol–water partition coefficient (Wildman–Crippen LogP) is 4.21. The zero-order chi connectivity index (χ0) is 11.4. The first-order valence-electron chi connectivity index (χ1n) is 4.99. The Morgan fingerprint density at radius 3 is 2.25 bits per heavy atom. The Hall–Kier alpha value is 0.730. The Labute approximate surface area is 130 Å². The van der Waals surface area contributed by atoms with Crippen molar-refractivity contribution in [1.29, 1.82) is 0 Å². The van der Waals surface area contributed by atoms with Crippen LogP contribution < -0.4 is 5.73 Å². The lowest BCUT2D eigenvalue weighted by molar-refractivity contribution is 0.466. The molecule has 0 spiro atoms. The molecule has 1 aromatic rings. The third kappa shape index (κ3) is 4.54. The van der Waals surface area contributed by atoms with E-state index in [1.165, 1.54) is 6.42 Å². The van der Waals surface area contributed by atoms with Gasteiger partial charge in [0.05, 0.1) is 7.14 Å². The van der Waals surface area contributed by atoms with Crippen molar-refractivity contribution >= 4 is 57.6 Å². The third-order valence-corrected chi connectivity index (χ3v) is 3.98. The predicted molar refractivity (Wildman–Crippen MR) is 87.2 cm³/mol. The summed E-state index contributed by atoms with van der Waals surface area (Å²) in [7, 11) is 0. The number of hydrogen-bond acceptors (Lipinski definition) is 2. The monoisotopic (exact) mass is 467 g/mol. The molecule has 2 nitrogen and oxygen atoms in total. The number of aromatic hydroxyl groups is 1. The van der Waals surface area contributed by atoms with Gasteiger partial charge in [0.1, 0.15) is 5.75 Å². The summed E-state index contributed by atoms with van der Waals surface area (Å²) in [4.78, 5) is 0. The normalized spacial score (nSPS) is 12.0. The third-order valence-electron chi connectivity index (χ3n) is 2.34. The first-order chi connectivity index (χ1) is 7.06. The van der Waals surface area contributed by atoms with Crippen LogP contribution in [0, 0.1) is 7.14 Å². The molecule has 1 aromatic carbocycles. The van der Waals surface area contributed by atoms with Crippen molar-refractivity contribution in [3.05, 3.63) is 24.8 Å². The Bertz CT molecular complexity index is 324. The number of unbranched alkanes of at least 4 members (excludes halogenated alkanes) is 1. The number of phenolic OH excluding ortho intramolecular Hbond substituents is 1. The Morgan fingerprint density at radius 2 is 1.81 bits per heavy atom. The lowest BCUT2D eigenvalue weighted by Gasteiger charge is -2.13. The van der Waals surface area contributed by atoms with Gasteiger partial charge in [-0.1, -0.05) is 19.8 Å². The first kappa shape index (κ1) is 16.7. The summed E-state index contributed by atoms with van der Waals surface area (Å²) in [5.41, 5.74) is 7.20. The Morgan fingerprint density at radius 1 is 1.31 bits per heavy atom. The fraction of sp³-hybridized carbons (Fsp3) is 0.455. The highest BCUT2D eigenvalue weighted by Crippen LogP contribution is 2.30. The summed E-state index contributed by atoms with van der Waals surface area (Å²) in [5, 5.41) is 9.63. The smallest absolute Gasteiger partial charge is 0.142 e. The average Bonchev–Trinajstić information content (AvgIpc) is 2.21. The molecule has 0 aliphatic carbocycles. The van der Waals surface area contributed by atoms with Crippen LogP contribution in [0.3, 0.4) is 0 Å². The zero-order valence-corrected chi connectivity index (χ0v) is 14.2. The molecule has 1 rings (SSSR count). The maximum absolute atomic E-state index is 9.63. The van der Waals surface area contributed by atoms with Crippen LogP contribution in [0.1, 0.15) is 37.8 Å². The maximum Gasteiger partial charge on any atom is 0.142 e. The molecule has 0 aliphatic heterocycles. The van der Waals surface area contributed by atoms with Crippen LogP contribution in [0.15, 0.2) is 12.1 Å². The van der Waals surface area contributed by atoms with Crippen LogP contribution in [-0.4, -0.2) is 5.11 Å². The van der Waals surface area contributed by atoms with Crippen molar-refractivity contribution in [2.24, 2.45) is 5.73 Å². The van der Waals surface area contributed by atoms with Crippen molar-refractivity contribution in [3.63, 3.8) is 0 Å². The maximum atomic E-state index is 9.63. The molecule has 5 heteroatoms. The quantitative estimate of drug-likeness (QED) is 0.652. The summed E-state index contributed by atoms with van der Waals surface area (Å²) >= 11 is 4.27. The van der Waals surface area contributed by atoms with E-state index in [0.29, 0.717) is 5.75 Å². The van der Waals surface area contributed by atoms with Crippen molar-refractivity contribution in [2.75, 3.05) is 0 Å². The number of nitrogens with two attached hydrogens (primary N) is 1. The number of rotatable bonds is 4. The van der Waals surface area contributed by atoms with Gasteiger partial charge in [-0.05, 0) is 69.3 Å². The first-order valence-corrected chi connectivity index (χ1v) is 7.15. The molecule has 0 unspecified atom stereocenters. The second-order valence-corrected chi connectivity index (χ2v) is 5.91. The summed E-state index contributed by atoms with van der Waals surface area (Å²) in [5.74, 6) is 0.364. The van der Waals surface area contributed by atoms with Gasteiger partial charge in [0.15, 0.2) is 0 Å². The molecular weight excluding hydrogens is 451 g/mol. The van der Waals surface area contributed by atoms with E-state index in [1.54, 1.807) is 0 Å². The van der Waals surface area contributed by atoms with E-state index in [4.69, 9.17) is 5.73 Å². The van der Waals surface area contributed by atoms with E-state index < -0.39 is 0 Å². The Balaban J connectivity index is 0.00000225. The highest BCUT2D eigenvalue weighted by molar-refractivity contribution is 14.1. The second kappa shape index (κ2) is 7.94. The summed E-state index contributed by atoms with van der Waals surface area (Å²) in [6.07, 6.45) is 3.32. The van der Waals surface area contributed by atoms with Crippen LogP contribution in [0.2, 0.25) is 0 Å². The number of benzene rings is 1. The van der Waals surface area contributed by atoms with Crippen molar-refractivity contribution < 1.29 is 5.11 Å². The van der Waals surface area contributed by atoms with Crippen LogP contribution in [-0.2, 0) is 0 Å². The SMILES string of the molecule is CCCC[C@H](N)c1cc(I)c(O)c(I)c1.Cl. The van der Waals surface area contributed by atoms with Gasteiger partial charge >= 0.3 is 0 Å². The standard InChI is InChI=1S/C11H15I2NO.ClH/c1-2-3-4-10(14)7-5-8(12)11(15)9(13)6-7;/h5-6,10,15H,2-4,14H2,1H3;1H/t10-;/m0./s1. The van der Waals surface area contributed by atoms with Gasteiger partial charge in [0.25, 0.3) is 0 Å². The molecule has 0 saturated carbocycles. The lowest BCUT2D eigenvalue weighted by Crippen LogP contribution is -2.10. The van der Waals surface area contributed by atoms with E-state index in [0.717, 1.165) is 25.5 Å². The van der Waals surface area contributed by atoms with Crippen molar-refractivity contribution in [2.45, 2.75) is 32.2 Å². The van der Waals surface area contributed by atoms with Gasteiger partial charge in [0, 0.05) is 6.04 Å². The van der Waals surface area contributed by atoms with Crippen LogP contribution in [0.25, 0.3) is 0 Å². The number of phenols is 1. The van der Waals surface area contributed by atoms with E-state index in [1.807, 2.05) is 12.1 Å². The zero-order valence-electron chi connectivity index (χ0n) is 9.04.